The topological polar surface area (TPSA) is 46.5 Å². The highest BCUT2D eigenvalue weighted by Gasteiger charge is 2.08. The molecule has 0 spiro atoms. The summed E-state index contributed by atoms with van der Waals surface area (Å²) in [6, 6.07) is 5.99. The molecule has 1 rings (SSSR count). The molecule has 0 aromatic heterocycles. The molecule has 0 atom stereocenters. The lowest BCUT2D eigenvalue weighted by Crippen LogP contribution is -1.98. The van der Waals surface area contributed by atoms with E-state index in [0.29, 0.717) is 6.61 Å². The molecule has 0 amide bonds. The minimum Gasteiger partial charge on any atom is -0.493 e. The van der Waals surface area contributed by atoms with Crippen molar-refractivity contribution in [2.45, 2.75) is 33.6 Å². The lowest BCUT2D eigenvalue weighted by atomic mass is 9.99. The maximum Gasteiger partial charge on any atom is 0.307 e. The molecule has 18 heavy (non-hydrogen) atoms. The van der Waals surface area contributed by atoms with Crippen LogP contribution in [0.2, 0.25) is 0 Å². The van der Waals surface area contributed by atoms with Crippen LogP contribution in [0.25, 0.3) is 5.57 Å². The highest BCUT2D eigenvalue weighted by Crippen LogP contribution is 2.29. The maximum absolute atomic E-state index is 10.7. The fourth-order valence-corrected chi connectivity index (χ4v) is 1.83. The van der Waals surface area contributed by atoms with Crippen LogP contribution in [0.15, 0.2) is 24.3 Å². The third kappa shape index (κ3) is 3.91. The Kier molecular flexibility index (Phi) is 5.43. The molecule has 0 aliphatic heterocycles. The summed E-state index contributed by atoms with van der Waals surface area (Å²) in [5, 5.41) is 8.76. The zero-order chi connectivity index (χ0) is 13.5. The predicted molar refractivity (Wildman–Crippen MR) is 72.9 cm³/mol. The lowest BCUT2D eigenvalue weighted by Gasteiger charge is -2.13. The molecule has 1 N–H and O–H groups in total. The maximum atomic E-state index is 10.7. The number of ether oxygens (including phenoxy) is 1. The Morgan fingerprint density at radius 1 is 1.39 bits per heavy atom. The first-order chi connectivity index (χ1) is 8.58. The monoisotopic (exact) mass is 248 g/mol. The number of hydrogen-bond donors (Lipinski definition) is 1. The second-order valence-corrected chi connectivity index (χ2v) is 4.11. The summed E-state index contributed by atoms with van der Waals surface area (Å²) >= 11 is 0. The Morgan fingerprint density at radius 2 is 2.11 bits per heavy atom. The molecule has 0 bridgehead atoms. The third-order valence-electron chi connectivity index (χ3n) is 2.68. The average Bonchev–Trinajstić information content (AvgIpc) is 2.33. The first kappa shape index (κ1) is 14.3. The van der Waals surface area contributed by atoms with Gasteiger partial charge in [0.05, 0.1) is 13.0 Å². The summed E-state index contributed by atoms with van der Waals surface area (Å²) in [5.41, 5.74) is 3.16. The van der Waals surface area contributed by atoms with Crippen LogP contribution in [0.1, 0.15) is 37.8 Å². The van der Waals surface area contributed by atoms with Crippen molar-refractivity contribution in [1.29, 1.82) is 0 Å². The molecule has 0 heterocycles. The van der Waals surface area contributed by atoms with Gasteiger partial charge in [-0.05, 0) is 38.0 Å². The van der Waals surface area contributed by atoms with E-state index in [4.69, 9.17) is 9.84 Å². The van der Waals surface area contributed by atoms with Gasteiger partial charge >= 0.3 is 5.97 Å². The summed E-state index contributed by atoms with van der Waals surface area (Å²) in [7, 11) is 0. The second kappa shape index (κ2) is 6.84. The molecule has 0 saturated heterocycles. The molecule has 1 aromatic carbocycles. The first-order valence-corrected chi connectivity index (χ1v) is 6.23. The van der Waals surface area contributed by atoms with Gasteiger partial charge in [-0.3, -0.25) is 4.79 Å². The molecule has 0 aliphatic carbocycles. The van der Waals surface area contributed by atoms with E-state index in [0.717, 1.165) is 28.9 Å². The highest BCUT2D eigenvalue weighted by atomic mass is 16.5. The van der Waals surface area contributed by atoms with E-state index >= 15 is 0 Å². The lowest BCUT2D eigenvalue weighted by molar-refractivity contribution is -0.135. The van der Waals surface area contributed by atoms with Crippen LogP contribution >= 0.6 is 0 Å². The Morgan fingerprint density at radius 3 is 2.67 bits per heavy atom. The van der Waals surface area contributed by atoms with E-state index in [-0.39, 0.29) is 6.42 Å². The Balaban J connectivity index is 3.13. The number of carbonyl (C=O) groups is 1. The highest BCUT2D eigenvalue weighted by molar-refractivity contribution is 5.76. The summed E-state index contributed by atoms with van der Waals surface area (Å²) < 4.78 is 5.59. The average molecular weight is 248 g/mol. The normalized spacial score (nSPS) is 11.4. The van der Waals surface area contributed by atoms with E-state index < -0.39 is 5.97 Å². The molecule has 3 heteroatoms. The van der Waals surface area contributed by atoms with Crippen LogP contribution in [0.4, 0.5) is 0 Å². The van der Waals surface area contributed by atoms with Gasteiger partial charge in [0, 0.05) is 5.56 Å². The number of benzene rings is 1. The number of carboxylic acid groups (broad SMARTS) is 1. The van der Waals surface area contributed by atoms with Crippen LogP contribution in [0.5, 0.6) is 5.75 Å². The van der Waals surface area contributed by atoms with E-state index in [1.165, 1.54) is 0 Å². The molecule has 0 fully saturated rings. The van der Waals surface area contributed by atoms with Crippen molar-refractivity contribution in [1.82, 2.24) is 0 Å². The van der Waals surface area contributed by atoms with Crippen molar-refractivity contribution in [3.8, 4) is 5.75 Å². The van der Waals surface area contributed by atoms with Gasteiger partial charge in [0.25, 0.3) is 0 Å². The van der Waals surface area contributed by atoms with Crippen LogP contribution in [-0.2, 0) is 4.79 Å². The number of rotatable bonds is 6. The van der Waals surface area contributed by atoms with Crippen LogP contribution < -0.4 is 4.74 Å². The van der Waals surface area contributed by atoms with Crippen LogP contribution in [-0.4, -0.2) is 17.7 Å². The van der Waals surface area contributed by atoms with Gasteiger partial charge in [-0.15, -0.1) is 0 Å². The number of hydrogen-bond acceptors (Lipinski definition) is 2. The summed E-state index contributed by atoms with van der Waals surface area (Å²) in [6.07, 6.45) is 2.60. The number of aliphatic carboxylic acids is 1. The minimum atomic E-state index is -0.813. The van der Waals surface area contributed by atoms with Crippen molar-refractivity contribution in [2.24, 2.45) is 0 Å². The minimum absolute atomic E-state index is 0.0443. The zero-order valence-electron chi connectivity index (χ0n) is 11.2. The van der Waals surface area contributed by atoms with E-state index in [9.17, 15) is 4.79 Å². The molecular weight excluding hydrogens is 228 g/mol. The van der Waals surface area contributed by atoms with E-state index in [2.05, 4.69) is 0 Å². The first-order valence-electron chi connectivity index (χ1n) is 6.23. The standard InChI is InChI=1S/C15H20O3/c1-4-12(7-9-15(16)17)13-10-11(3)6-8-14(13)18-5-2/h6-8,10H,4-5,9H2,1-3H3,(H,16,17)/b12-7+. The van der Waals surface area contributed by atoms with Crippen molar-refractivity contribution in [2.75, 3.05) is 6.61 Å². The molecule has 98 valence electrons. The molecule has 0 radical (unpaired) electrons. The molecular formula is C15H20O3. The van der Waals surface area contributed by atoms with Crippen LogP contribution in [0, 0.1) is 6.92 Å². The summed E-state index contributed by atoms with van der Waals surface area (Å²) in [4.78, 5) is 10.7. The summed E-state index contributed by atoms with van der Waals surface area (Å²) in [5.74, 6) is 0.00755. The molecule has 0 unspecified atom stereocenters. The van der Waals surface area contributed by atoms with Gasteiger partial charge in [-0.2, -0.15) is 0 Å². The molecule has 1 aromatic rings. The predicted octanol–water partition coefficient (Wildman–Crippen LogP) is 3.66. The summed E-state index contributed by atoms with van der Waals surface area (Å²) in [6.45, 7) is 6.58. The van der Waals surface area contributed by atoms with Gasteiger partial charge < -0.3 is 9.84 Å². The second-order valence-electron chi connectivity index (χ2n) is 4.11. The van der Waals surface area contributed by atoms with E-state index in [1.54, 1.807) is 6.08 Å². The number of carboxylic acids is 1. The molecule has 3 nitrogen and oxygen atoms in total. The van der Waals surface area contributed by atoms with Gasteiger partial charge in [0.15, 0.2) is 0 Å². The zero-order valence-corrected chi connectivity index (χ0v) is 11.2. The number of aryl methyl sites for hydroxylation is 1. The van der Waals surface area contributed by atoms with Gasteiger partial charge in [0.1, 0.15) is 5.75 Å². The van der Waals surface area contributed by atoms with Crippen molar-refractivity contribution >= 4 is 11.5 Å². The molecule has 0 saturated carbocycles. The molecule has 0 aliphatic rings. The smallest absolute Gasteiger partial charge is 0.307 e. The Hall–Kier alpha value is -1.77. The quantitative estimate of drug-likeness (QED) is 0.835. The van der Waals surface area contributed by atoms with Crippen molar-refractivity contribution < 1.29 is 14.6 Å². The van der Waals surface area contributed by atoms with Crippen LogP contribution in [0.3, 0.4) is 0 Å². The Labute approximate surface area is 108 Å². The SMILES string of the molecule is CCOc1ccc(C)cc1/C(=C/CC(=O)O)CC. The fraction of sp³-hybridized carbons (Fsp3) is 0.400. The van der Waals surface area contributed by atoms with Crippen molar-refractivity contribution in [3.05, 3.63) is 35.4 Å². The van der Waals surface area contributed by atoms with Gasteiger partial charge in [-0.1, -0.05) is 24.6 Å². The fourth-order valence-electron chi connectivity index (χ4n) is 1.83. The number of allylic oxidation sites excluding steroid dienone is 1. The van der Waals surface area contributed by atoms with Gasteiger partial charge in [0.2, 0.25) is 0 Å². The Bertz CT molecular complexity index is 447. The van der Waals surface area contributed by atoms with Crippen molar-refractivity contribution in [3.63, 3.8) is 0 Å². The van der Waals surface area contributed by atoms with E-state index in [1.807, 2.05) is 39.0 Å². The third-order valence-corrected chi connectivity index (χ3v) is 2.68. The largest absolute Gasteiger partial charge is 0.493 e. The van der Waals surface area contributed by atoms with Gasteiger partial charge in [-0.25, -0.2) is 0 Å².